The van der Waals surface area contributed by atoms with Crippen molar-refractivity contribution in [2.45, 2.75) is 6.92 Å². The number of nitrogens with two attached hydrogens (primary N) is 1. The minimum Gasteiger partial charge on any atom is -0.494 e. The molecule has 2 N–H and O–H groups in total. The van der Waals surface area contributed by atoms with Gasteiger partial charge in [-0.15, -0.1) is 0 Å². The smallest absolute Gasteiger partial charge is 0.147 e. The molecule has 0 amide bonds. The van der Waals surface area contributed by atoms with E-state index in [4.69, 9.17) is 15.2 Å². The van der Waals surface area contributed by atoms with Gasteiger partial charge in [-0.2, -0.15) is 0 Å². The van der Waals surface area contributed by atoms with Crippen molar-refractivity contribution in [2.24, 2.45) is 0 Å². The maximum absolute atomic E-state index is 5.62. The summed E-state index contributed by atoms with van der Waals surface area (Å²) < 4.78 is 11.0. The standard InChI is InChI=1S/C13H14N2O2/c1-2-16-11-4-3-5-12(7-11)17-13-6-10(14)8-15-9-13/h3-9H,2,14H2,1H3. The Morgan fingerprint density at radius 1 is 1.12 bits per heavy atom. The quantitative estimate of drug-likeness (QED) is 0.877. The van der Waals surface area contributed by atoms with Crippen LogP contribution in [0.4, 0.5) is 5.69 Å². The highest BCUT2D eigenvalue weighted by Gasteiger charge is 2.00. The summed E-state index contributed by atoms with van der Waals surface area (Å²) in [5.41, 5.74) is 6.20. The van der Waals surface area contributed by atoms with Crippen molar-refractivity contribution in [2.75, 3.05) is 12.3 Å². The van der Waals surface area contributed by atoms with Crippen molar-refractivity contribution in [3.8, 4) is 17.2 Å². The molecule has 4 nitrogen and oxygen atoms in total. The number of rotatable bonds is 4. The predicted molar refractivity (Wildman–Crippen MR) is 66.3 cm³/mol. The van der Waals surface area contributed by atoms with Gasteiger partial charge in [-0.3, -0.25) is 4.98 Å². The first-order valence-electron chi connectivity index (χ1n) is 5.39. The summed E-state index contributed by atoms with van der Waals surface area (Å²) in [4.78, 5) is 3.96. The summed E-state index contributed by atoms with van der Waals surface area (Å²) in [7, 11) is 0. The van der Waals surface area contributed by atoms with Crippen LogP contribution in [0.2, 0.25) is 0 Å². The molecular weight excluding hydrogens is 216 g/mol. The summed E-state index contributed by atoms with van der Waals surface area (Å²) in [6.07, 6.45) is 3.19. The Kier molecular flexibility index (Phi) is 3.45. The Hall–Kier alpha value is -2.23. The fourth-order valence-electron chi connectivity index (χ4n) is 1.42. The van der Waals surface area contributed by atoms with Crippen LogP contribution in [0.5, 0.6) is 17.2 Å². The average Bonchev–Trinajstić information content (AvgIpc) is 2.30. The van der Waals surface area contributed by atoms with Gasteiger partial charge in [0.15, 0.2) is 0 Å². The number of hydrogen-bond donors (Lipinski definition) is 1. The SMILES string of the molecule is CCOc1cccc(Oc2cncc(N)c2)c1. The van der Waals surface area contributed by atoms with Gasteiger partial charge in [-0.05, 0) is 19.1 Å². The van der Waals surface area contributed by atoms with E-state index in [0.29, 0.717) is 23.8 Å². The molecule has 88 valence electrons. The van der Waals surface area contributed by atoms with E-state index in [9.17, 15) is 0 Å². The molecule has 0 saturated carbocycles. The fraction of sp³-hybridized carbons (Fsp3) is 0.154. The molecule has 0 bridgehead atoms. The molecule has 1 heterocycles. The molecule has 0 aliphatic carbocycles. The van der Waals surface area contributed by atoms with Crippen LogP contribution in [0.25, 0.3) is 0 Å². The van der Waals surface area contributed by atoms with Crippen LogP contribution in [-0.2, 0) is 0 Å². The number of anilines is 1. The molecule has 0 atom stereocenters. The van der Waals surface area contributed by atoms with Crippen LogP contribution in [0.3, 0.4) is 0 Å². The molecule has 2 rings (SSSR count). The third-order valence-corrected chi connectivity index (χ3v) is 2.09. The normalized spacial score (nSPS) is 9.94. The Morgan fingerprint density at radius 2 is 1.94 bits per heavy atom. The molecule has 0 aliphatic rings. The lowest BCUT2D eigenvalue weighted by atomic mass is 10.3. The van der Waals surface area contributed by atoms with Gasteiger partial charge in [0.25, 0.3) is 0 Å². The van der Waals surface area contributed by atoms with E-state index >= 15 is 0 Å². The topological polar surface area (TPSA) is 57.4 Å². The van der Waals surface area contributed by atoms with Crippen molar-refractivity contribution < 1.29 is 9.47 Å². The molecule has 17 heavy (non-hydrogen) atoms. The maximum Gasteiger partial charge on any atom is 0.147 e. The number of hydrogen-bond acceptors (Lipinski definition) is 4. The van der Waals surface area contributed by atoms with Crippen molar-refractivity contribution >= 4 is 5.69 Å². The zero-order valence-electron chi connectivity index (χ0n) is 9.59. The highest BCUT2D eigenvalue weighted by atomic mass is 16.5. The highest BCUT2D eigenvalue weighted by molar-refractivity contribution is 5.42. The second-order valence-corrected chi connectivity index (χ2v) is 3.46. The summed E-state index contributed by atoms with van der Waals surface area (Å²) in [6.45, 7) is 2.57. The van der Waals surface area contributed by atoms with Gasteiger partial charge in [0.05, 0.1) is 24.7 Å². The molecule has 0 unspecified atom stereocenters. The Bertz CT molecular complexity index is 500. The molecule has 0 fully saturated rings. The first kappa shape index (κ1) is 11.3. The van der Waals surface area contributed by atoms with E-state index in [-0.39, 0.29) is 0 Å². The van der Waals surface area contributed by atoms with Crippen LogP contribution in [-0.4, -0.2) is 11.6 Å². The van der Waals surface area contributed by atoms with Gasteiger partial charge in [0.2, 0.25) is 0 Å². The second kappa shape index (κ2) is 5.21. The highest BCUT2D eigenvalue weighted by Crippen LogP contribution is 2.25. The molecule has 4 heteroatoms. The maximum atomic E-state index is 5.62. The van der Waals surface area contributed by atoms with Crippen molar-refractivity contribution in [1.29, 1.82) is 0 Å². The van der Waals surface area contributed by atoms with Gasteiger partial charge < -0.3 is 15.2 Å². The van der Waals surface area contributed by atoms with Crippen LogP contribution in [0.1, 0.15) is 6.92 Å². The van der Waals surface area contributed by atoms with E-state index in [2.05, 4.69) is 4.98 Å². The number of nitrogen functional groups attached to an aromatic ring is 1. The van der Waals surface area contributed by atoms with Gasteiger partial charge in [-0.25, -0.2) is 0 Å². The molecule has 1 aromatic carbocycles. The molecule has 0 aliphatic heterocycles. The lowest BCUT2D eigenvalue weighted by Gasteiger charge is -2.08. The van der Waals surface area contributed by atoms with Crippen LogP contribution in [0, 0.1) is 0 Å². The number of aromatic nitrogens is 1. The number of benzene rings is 1. The van der Waals surface area contributed by atoms with Gasteiger partial charge in [-0.1, -0.05) is 6.07 Å². The lowest BCUT2D eigenvalue weighted by molar-refractivity contribution is 0.338. The predicted octanol–water partition coefficient (Wildman–Crippen LogP) is 2.85. The zero-order valence-corrected chi connectivity index (χ0v) is 9.59. The average molecular weight is 230 g/mol. The number of ether oxygens (including phenoxy) is 2. The van der Waals surface area contributed by atoms with E-state index in [1.54, 1.807) is 18.5 Å². The van der Waals surface area contributed by atoms with Crippen LogP contribution < -0.4 is 15.2 Å². The van der Waals surface area contributed by atoms with E-state index in [1.807, 2.05) is 31.2 Å². The Balaban J connectivity index is 2.15. The van der Waals surface area contributed by atoms with Crippen molar-refractivity contribution in [3.63, 3.8) is 0 Å². The summed E-state index contributed by atoms with van der Waals surface area (Å²) >= 11 is 0. The van der Waals surface area contributed by atoms with Crippen molar-refractivity contribution in [3.05, 3.63) is 42.7 Å². The third-order valence-electron chi connectivity index (χ3n) is 2.09. The minimum atomic E-state index is 0.573. The third kappa shape index (κ3) is 3.11. The molecule has 0 saturated heterocycles. The largest absolute Gasteiger partial charge is 0.494 e. The molecular formula is C13H14N2O2. The Labute approximate surface area is 100 Å². The van der Waals surface area contributed by atoms with Crippen LogP contribution >= 0.6 is 0 Å². The van der Waals surface area contributed by atoms with E-state index in [1.165, 1.54) is 0 Å². The van der Waals surface area contributed by atoms with Crippen molar-refractivity contribution in [1.82, 2.24) is 4.98 Å². The monoisotopic (exact) mass is 230 g/mol. The van der Waals surface area contributed by atoms with E-state index < -0.39 is 0 Å². The zero-order chi connectivity index (χ0) is 12.1. The summed E-state index contributed by atoms with van der Waals surface area (Å²) in [6, 6.07) is 9.16. The fourth-order valence-corrected chi connectivity index (χ4v) is 1.42. The van der Waals surface area contributed by atoms with Gasteiger partial charge in [0, 0.05) is 12.1 Å². The molecule has 0 radical (unpaired) electrons. The lowest BCUT2D eigenvalue weighted by Crippen LogP contribution is -1.92. The second-order valence-electron chi connectivity index (χ2n) is 3.46. The first-order valence-corrected chi connectivity index (χ1v) is 5.39. The summed E-state index contributed by atoms with van der Waals surface area (Å²) in [5.74, 6) is 2.09. The molecule has 2 aromatic rings. The van der Waals surface area contributed by atoms with Gasteiger partial charge >= 0.3 is 0 Å². The number of pyridine rings is 1. The number of nitrogens with zero attached hydrogens (tertiary/aromatic N) is 1. The molecule has 1 aromatic heterocycles. The van der Waals surface area contributed by atoms with Crippen LogP contribution in [0.15, 0.2) is 42.7 Å². The minimum absolute atomic E-state index is 0.573. The summed E-state index contributed by atoms with van der Waals surface area (Å²) in [5, 5.41) is 0. The van der Waals surface area contributed by atoms with E-state index in [0.717, 1.165) is 5.75 Å². The van der Waals surface area contributed by atoms with Gasteiger partial charge in [0.1, 0.15) is 17.2 Å². The Morgan fingerprint density at radius 3 is 2.71 bits per heavy atom. The first-order chi connectivity index (χ1) is 8.28. The molecule has 0 spiro atoms.